The Morgan fingerprint density at radius 3 is 2.89 bits per heavy atom. The van der Waals surface area contributed by atoms with Crippen molar-refractivity contribution < 1.29 is 5.11 Å². The maximum atomic E-state index is 9.63. The van der Waals surface area contributed by atoms with Gasteiger partial charge in [0.15, 0.2) is 0 Å². The first-order valence-electron chi connectivity index (χ1n) is 6.61. The van der Waals surface area contributed by atoms with Gasteiger partial charge in [0.25, 0.3) is 0 Å². The van der Waals surface area contributed by atoms with Crippen LogP contribution in [0.15, 0.2) is 22.7 Å². The van der Waals surface area contributed by atoms with Crippen LogP contribution in [0, 0.1) is 0 Å². The molecule has 1 aliphatic rings. The van der Waals surface area contributed by atoms with E-state index < -0.39 is 0 Å². The molecule has 1 fully saturated rings. The number of aliphatic hydroxyl groups excluding tert-OH is 1. The number of hydrogen-bond acceptors (Lipinski definition) is 3. The van der Waals surface area contributed by atoms with Crippen molar-refractivity contribution in [2.45, 2.75) is 31.7 Å². The number of aliphatic hydroxyl groups is 1. The van der Waals surface area contributed by atoms with Crippen LogP contribution in [0.3, 0.4) is 0 Å². The third kappa shape index (κ3) is 3.27. The Morgan fingerprint density at radius 1 is 1.42 bits per heavy atom. The van der Waals surface area contributed by atoms with Gasteiger partial charge < -0.3 is 15.7 Å². The number of nitrogens with two attached hydrogens (primary N) is 1. The monoisotopic (exact) mass is 342 g/mol. The van der Waals surface area contributed by atoms with Gasteiger partial charge in [0.2, 0.25) is 0 Å². The van der Waals surface area contributed by atoms with Crippen molar-refractivity contribution in [3.05, 3.63) is 28.2 Å². The van der Waals surface area contributed by atoms with Crippen molar-refractivity contribution >= 4 is 38.8 Å². The molecule has 1 heterocycles. The van der Waals surface area contributed by atoms with Gasteiger partial charge in [0.05, 0.1) is 12.6 Å². The van der Waals surface area contributed by atoms with Crippen molar-refractivity contribution in [3.8, 4) is 0 Å². The SMILES string of the molecule is NC(=S)c1c(Br)cccc1N1CCCCCC1CO. The summed E-state index contributed by atoms with van der Waals surface area (Å²) in [6.45, 7) is 1.11. The van der Waals surface area contributed by atoms with E-state index in [0.717, 1.165) is 41.5 Å². The van der Waals surface area contributed by atoms with Gasteiger partial charge in [-0.2, -0.15) is 0 Å². The molecule has 104 valence electrons. The quantitative estimate of drug-likeness (QED) is 0.829. The Bertz CT molecular complexity index is 467. The fourth-order valence-electron chi connectivity index (χ4n) is 2.68. The summed E-state index contributed by atoms with van der Waals surface area (Å²) in [6, 6.07) is 6.13. The topological polar surface area (TPSA) is 49.5 Å². The third-order valence-electron chi connectivity index (χ3n) is 3.64. The molecule has 3 N–H and O–H groups in total. The first kappa shape index (κ1) is 14.8. The average Bonchev–Trinajstić information content (AvgIpc) is 2.62. The van der Waals surface area contributed by atoms with Gasteiger partial charge >= 0.3 is 0 Å². The third-order valence-corrected chi connectivity index (χ3v) is 4.50. The maximum absolute atomic E-state index is 9.63. The molecule has 0 aromatic heterocycles. The molecule has 0 aliphatic carbocycles. The molecule has 0 radical (unpaired) electrons. The smallest absolute Gasteiger partial charge is 0.107 e. The van der Waals surface area contributed by atoms with Gasteiger partial charge in [-0.05, 0) is 40.9 Å². The minimum absolute atomic E-state index is 0.157. The number of benzene rings is 1. The molecule has 0 spiro atoms. The average molecular weight is 343 g/mol. The van der Waals surface area contributed by atoms with Crippen molar-refractivity contribution in [3.63, 3.8) is 0 Å². The molecular weight excluding hydrogens is 324 g/mol. The molecule has 0 saturated carbocycles. The molecular formula is C14H19BrN2OS. The van der Waals surface area contributed by atoms with E-state index in [2.05, 4.69) is 20.8 Å². The fourth-order valence-corrected chi connectivity index (χ4v) is 3.60. The lowest BCUT2D eigenvalue weighted by Crippen LogP contribution is -2.38. The predicted molar refractivity (Wildman–Crippen MR) is 86.7 cm³/mol. The molecule has 1 aromatic rings. The molecule has 1 saturated heterocycles. The number of anilines is 1. The van der Waals surface area contributed by atoms with E-state index in [9.17, 15) is 5.11 Å². The number of rotatable bonds is 3. The molecule has 1 atom stereocenters. The van der Waals surface area contributed by atoms with E-state index >= 15 is 0 Å². The van der Waals surface area contributed by atoms with Crippen LogP contribution in [-0.4, -0.2) is 29.3 Å². The first-order valence-corrected chi connectivity index (χ1v) is 7.81. The number of halogens is 1. The number of hydrogen-bond donors (Lipinski definition) is 2. The summed E-state index contributed by atoms with van der Waals surface area (Å²) < 4.78 is 0.915. The molecule has 0 amide bonds. The lowest BCUT2D eigenvalue weighted by Gasteiger charge is -2.32. The summed E-state index contributed by atoms with van der Waals surface area (Å²) in [4.78, 5) is 2.65. The summed E-state index contributed by atoms with van der Waals surface area (Å²) in [5, 5.41) is 9.63. The molecule has 19 heavy (non-hydrogen) atoms. The highest BCUT2D eigenvalue weighted by atomic mass is 79.9. The molecule has 0 bridgehead atoms. The second kappa shape index (κ2) is 6.68. The van der Waals surface area contributed by atoms with E-state index in [-0.39, 0.29) is 12.6 Å². The van der Waals surface area contributed by atoms with Crippen LogP contribution in [0.2, 0.25) is 0 Å². The molecule has 2 rings (SSSR count). The second-order valence-corrected chi connectivity index (χ2v) is 6.17. The molecule has 1 aromatic carbocycles. The zero-order valence-corrected chi connectivity index (χ0v) is 13.2. The summed E-state index contributed by atoms with van der Waals surface area (Å²) in [5.74, 6) is 0. The van der Waals surface area contributed by atoms with Crippen LogP contribution in [-0.2, 0) is 0 Å². The highest BCUT2D eigenvalue weighted by Gasteiger charge is 2.24. The standard InChI is InChI=1S/C14H19BrN2OS/c15-11-6-4-7-12(13(11)14(16)19)17-8-3-1-2-5-10(17)9-18/h4,6-7,10,18H,1-3,5,8-9H2,(H2,16,19). The van der Waals surface area contributed by atoms with Gasteiger partial charge in [-0.1, -0.05) is 31.1 Å². The molecule has 5 heteroatoms. The van der Waals surface area contributed by atoms with Crippen LogP contribution in [0.25, 0.3) is 0 Å². The summed E-state index contributed by atoms with van der Waals surface area (Å²) in [6.07, 6.45) is 4.53. The van der Waals surface area contributed by atoms with E-state index in [1.54, 1.807) is 0 Å². The van der Waals surface area contributed by atoms with Gasteiger partial charge in [-0.25, -0.2) is 0 Å². The molecule has 1 unspecified atom stereocenters. The Hall–Kier alpha value is -0.650. The van der Waals surface area contributed by atoms with Crippen LogP contribution in [0.1, 0.15) is 31.2 Å². The highest BCUT2D eigenvalue weighted by Crippen LogP contribution is 2.31. The van der Waals surface area contributed by atoms with E-state index in [4.69, 9.17) is 18.0 Å². The van der Waals surface area contributed by atoms with Crippen LogP contribution in [0.4, 0.5) is 5.69 Å². The van der Waals surface area contributed by atoms with Crippen molar-refractivity contribution in [2.24, 2.45) is 5.73 Å². The predicted octanol–water partition coefficient (Wildman–Crippen LogP) is 2.82. The zero-order chi connectivity index (χ0) is 13.8. The lowest BCUT2D eigenvalue weighted by molar-refractivity contribution is 0.255. The normalized spacial score (nSPS) is 20.1. The maximum Gasteiger partial charge on any atom is 0.107 e. The van der Waals surface area contributed by atoms with Gasteiger partial charge in [0.1, 0.15) is 4.99 Å². The Labute approximate surface area is 127 Å². The van der Waals surface area contributed by atoms with E-state index in [1.165, 1.54) is 6.42 Å². The summed E-state index contributed by atoms with van der Waals surface area (Å²) in [5.41, 5.74) is 7.76. The summed E-state index contributed by atoms with van der Waals surface area (Å²) >= 11 is 8.69. The minimum atomic E-state index is 0.157. The van der Waals surface area contributed by atoms with Gasteiger partial charge in [0, 0.05) is 22.3 Å². The largest absolute Gasteiger partial charge is 0.394 e. The first-order chi connectivity index (χ1) is 9.15. The van der Waals surface area contributed by atoms with E-state index in [1.807, 2.05) is 18.2 Å². The zero-order valence-electron chi connectivity index (χ0n) is 10.8. The molecule has 3 nitrogen and oxygen atoms in total. The van der Waals surface area contributed by atoms with E-state index in [0.29, 0.717) is 4.99 Å². The Morgan fingerprint density at radius 2 is 2.21 bits per heavy atom. The minimum Gasteiger partial charge on any atom is -0.394 e. The lowest BCUT2D eigenvalue weighted by atomic mass is 10.1. The van der Waals surface area contributed by atoms with Gasteiger partial charge in [-0.3, -0.25) is 0 Å². The van der Waals surface area contributed by atoms with Gasteiger partial charge in [-0.15, -0.1) is 0 Å². The fraction of sp³-hybridized carbons (Fsp3) is 0.500. The highest BCUT2D eigenvalue weighted by molar-refractivity contribution is 9.10. The molecule has 1 aliphatic heterocycles. The van der Waals surface area contributed by atoms with Crippen LogP contribution >= 0.6 is 28.1 Å². The van der Waals surface area contributed by atoms with Crippen LogP contribution < -0.4 is 10.6 Å². The number of nitrogens with zero attached hydrogens (tertiary/aromatic N) is 1. The van der Waals surface area contributed by atoms with Crippen LogP contribution in [0.5, 0.6) is 0 Å². The van der Waals surface area contributed by atoms with Crippen molar-refractivity contribution in [1.82, 2.24) is 0 Å². The van der Waals surface area contributed by atoms with Crippen molar-refractivity contribution in [2.75, 3.05) is 18.1 Å². The summed E-state index contributed by atoms with van der Waals surface area (Å²) in [7, 11) is 0. The van der Waals surface area contributed by atoms with Crippen molar-refractivity contribution in [1.29, 1.82) is 0 Å². The number of thiocarbonyl (C=S) groups is 1. The Balaban J connectivity index is 2.43. The Kier molecular flexibility index (Phi) is 5.19. The second-order valence-electron chi connectivity index (χ2n) is 4.88.